The van der Waals surface area contributed by atoms with Crippen molar-refractivity contribution in [1.82, 2.24) is 0 Å². The summed E-state index contributed by atoms with van der Waals surface area (Å²) in [5.41, 5.74) is 0. The molecule has 76 valence electrons. The van der Waals surface area contributed by atoms with E-state index in [4.69, 9.17) is 29.2 Å². The van der Waals surface area contributed by atoms with E-state index >= 15 is 0 Å². The Balaban J connectivity index is -0.000000142. The molecule has 0 aliphatic carbocycles. The molecule has 0 amide bonds. The van der Waals surface area contributed by atoms with Crippen molar-refractivity contribution in [3.05, 3.63) is 0 Å². The zero-order valence-corrected chi connectivity index (χ0v) is 7.47. The lowest BCUT2D eigenvalue weighted by molar-refractivity contribution is 0.218. The molecule has 0 aromatic rings. The molecule has 10 heteroatoms. The van der Waals surface area contributed by atoms with Gasteiger partial charge in [0.1, 0.15) is 0 Å². The first-order valence-electron chi connectivity index (χ1n) is 2.33. The summed E-state index contributed by atoms with van der Waals surface area (Å²) in [5, 5.41) is 8.13. The predicted octanol–water partition coefficient (Wildman–Crippen LogP) is -2.32. The maximum Gasteiger partial charge on any atom is 0.353 e. The van der Waals surface area contributed by atoms with Crippen molar-refractivity contribution in [2.24, 2.45) is 0 Å². The highest BCUT2D eigenvalue weighted by Gasteiger charge is 2.19. The molecular weight excluding hydrogens is 225 g/mol. The predicted molar refractivity (Wildman–Crippen MR) is 47.1 cm³/mol. The number of aliphatic hydroxyl groups excluding tert-OH is 1. The van der Waals surface area contributed by atoms with Gasteiger partial charge in [0, 0.05) is 0 Å². The van der Waals surface area contributed by atoms with Gasteiger partial charge in [-0.2, -0.15) is 0 Å². The third-order valence-corrected chi connectivity index (χ3v) is 1.46. The van der Waals surface area contributed by atoms with Gasteiger partial charge in [0.25, 0.3) is 0 Å². The van der Waals surface area contributed by atoms with Crippen LogP contribution in [0.25, 0.3) is 0 Å². The van der Waals surface area contributed by atoms with E-state index in [-0.39, 0.29) is 17.4 Å². The van der Waals surface area contributed by atoms with Gasteiger partial charge < -0.3 is 24.7 Å². The van der Waals surface area contributed by atoms with Gasteiger partial charge in [0.15, 0.2) is 23.2 Å². The summed E-state index contributed by atoms with van der Waals surface area (Å²) in [5.74, 6) is -1.53. The molecule has 5 N–H and O–H groups in total. The Morgan fingerprint density at radius 2 is 1.42 bits per heavy atom. The van der Waals surface area contributed by atoms with Gasteiger partial charge >= 0.3 is 15.9 Å². The third-order valence-electron chi connectivity index (χ3n) is 0.487. The quantitative estimate of drug-likeness (QED) is 0.255. The molecular formula is C2H13AlO7P2. The highest BCUT2D eigenvalue weighted by Crippen LogP contribution is 2.38. The van der Waals surface area contributed by atoms with Crippen LogP contribution in [0.5, 0.6) is 0 Å². The molecule has 0 aliphatic heterocycles. The first kappa shape index (κ1) is 18.6. The Hall–Kier alpha value is 0.792. The molecule has 0 heterocycles. The first-order chi connectivity index (χ1) is 4.68. The molecule has 0 aromatic heterocycles. The molecule has 1 unspecified atom stereocenters. The van der Waals surface area contributed by atoms with E-state index in [9.17, 15) is 4.57 Å². The van der Waals surface area contributed by atoms with Gasteiger partial charge in [-0.3, -0.25) is 9.13 Å². The topological polar surface area (TPSA) is 135 Å². The fourth-order valence-electron chi connectivity index (χ4n) is 0. The minimum atomic E-state index is -4.18. The van der Waals surface area contributed by atoms with Crippen LogP contribution in [0.1, 0.15) is 6.92 Å². The molecule has 0 radical (unpaired) electrons. The maximum absolute atomic E-state index is 9.78. The van der Waals surface area contributed by atoms with Crippen LogP contribution in [0.4, 0.5) is 0 Å². The smallest absolute Gasteiger partial charge is 0.353 e. The summed E-state index contributed by atoms with van der Waals surface area (Å²) in [6.45, 7) is 1.04. The lowest BCUT2D eigenvalue weighted by Crippen LogP contribution is -1.98. The molecule has 0 spiro atoms. The van der Waals surface area contributed by atoms with Crippen LogP contribution in [0, 0.1) is 0 Å². The summed E-state index contributed by atoms with van der Waals surface area (Å²) in [4.78, 5) is 30.2. The Morgan fingerprint density at radius 3 is 1.42 bits per heavy atom. The van der Waals surface area contributed by atoms with Crippen molar-refractivity contribution in [2.75, 3.05) is 0 Å². The molecule has 12 heavy (non-hydrogen) atoms. The molecule has 1 atom stereocenters. The molecule has 7 nitrogen and oxygen atoms in total. The number of aliphatic hydroxyl groups is 1. The van der Waals surface area contributed by atoms with Gasteiger partial charge in [0.2, 0.25) is 0 Å². The van der Waals surface area contributed by atoms with Crippen molar-refractivity contribution in [1.29, 1.82) is 0 Å². The minimum Gasteiger partial charge on any atom is -0.381 e. The van der Waals surface area contributed by atoms with Crippen molar-refractivity contribution >= 4 is 33.2 Å². The molecule has 0 saturated carbocycles. The highest BCUT2D eigenvalue weighted by molar-refractivity contribution is 7.52. The lowest BCUT2D eigenvalue weighted by atomic mass is 10.9. The van der Waals surface area contributed by atoms with Crippen LogP contribution in [-0.4, -0.2) is 47.9 Å². The molecule has 0 aliphatic rings. The Kier molecular flexibility index (Phi) is 13.0. The third kappa shape index (κ3) is 22.4. The summed E-state index contributed by atoms with van der Waals surface area (Å²) in [6.07, 6.45) is 0. The van der Waals surface area contributed by atoms with E-state index < -0.39 is 21.7 Å². The number of rotatable bonds is 1. The summed E-state index contributed by atoms with van der Waals surface area (Å²) in [6, 6.07) is 0. The van der Waals surface area contributed by atoms with E-state index in [1.165, 1.54) is 0 Å². The normalized spacial score (nSPS) is 12.6. The molecule has 0 bridgehead atoms. The van der Waals surface area contributed by atoms with Crippen LogP contribution in [0.2, 0.25) is 0 Å². The van der Waals surface area contributed by atoms with Crippen molar-refractivity contribution in [3.8, 4) is 0 Å². The molecule has 0 fully saturated rings. The SMILES string of the molecule is CC(O)P(=O)(O)O.O=[PH](O)O.[AlH3]. The Labute approximate surface area is 80.3 Å². The number of hydrogen-bond acceptors (Lipinski definition) is 3. The Morgan fingerprint density at radius 1 is 1.33 bits per heavy atom. The Bertz CT molecular complexity index is 159. The van der Waals surface area contributed by atoms with E-state index in [1.54, 1.807) is 0 Å². The second kappa shape index (κ2) is 8.39. The zero-order valence-electron chi connectivity index (χ0n) is 5.58. The maximum atomic E-state index is 9.78. The average molecular weight is 238 g/mol. The average Bonchev–Trinajstić information content (AvgIpc) is 1.59. The van der Waals surface area contributed by atoms with Crippen LogP contribution in [0.3, 0.4) is 0 Å². The minimum absolute atomic E-state index is 0. The summed E-state index contributed by atoms with van der Waals surface area (Å²) < 4.78 is 18.5. The largest absolute Gasteiger partial charge is 0.381 e. The zero-order chi connectivity index (χ0) is 9.65. The molecule has 0 aromatic carbocycles. The van der Waals surface area contributed by atoms with Crippen LogP contribution >= 0.6 is 15.9 Å². The lowest BCUT2D eigenvalue weighted by Gasteiger charge is -2.03. The fourth-order valence-corrected chi connectivity index (χ4v) is 0. The molecule has 0 saturated heterocycles. The van der Waals surface area contributed by atoms with Crippen LogP contribution < -0.4 is 0 Å². The first-order valence-corrected chi connectivity index (χ1v) is 5.31. The summed E-state index contributed by atoms with van der Waals surface area (Å²) in [7, 11) is -7.31. The summed E-state index contributed by atoms with van der Waals surface area (Å²) >= 11 is 0. The van der Waals surface area contributed by atoms with E-state index in [2.05, 4.69) is 0 Å². The van der Waals surface area contributed by atoms with Gasteiger partial charge in [-0.25, -0.2) is 0 Å². The second-order valence-corrected chi connectivity index (χ2v) is 3.99. The standard InChI is InChI=1S/C2H7O4P.Al.H3O3P.3H/c1-2(3)7(4,5)6;;1-4(2)3;;;/h2-3H,1H3,(H2,4,5,6);;4H,(H2,1,2,3);;;. The van der Waals surface area contributed by atoms with Crippen molar-refractivity contribution in [2.45, 2.75) is 12.8 Å². The molecule has 0 rings (SSSR count). The fraction of sp³-hybridized carbons (Fsp3) is 1.00. The van der Waals surface area contributed by atoms with Gasteiger partial charge in [0.05, 0.1) is 0 Å². The number of hydrogen-bond donors (Lipinski definition) is 5. The van der Waals surface area contributed by atoms with Gasteiger partial charge in [-0.05, 0) is 6.92 Å². The second-order valence-electron chi connectivity index (χ2n) is 1.50. The van der Waals surface area contributed by atoms with Crippen LogP contribution in [-0.2, 0) is 9.13 Å². The van der Waals surface area contributed by atoms with Crippen LogP contribution in [0.15, 0.2) is 0 Å². The van der Waals surface area contributed by atoms with Crippen molar-refractivity contribution < 1.29 is 33.8 Å². The van der Waals surface area contributed by atoms with E-state index in [0.29, 0.717) is 0 Å². The highest BCUT2D eigenvalue weighted by atomic mass is 31.2. The van der Waals surface area contributed by atoms with Gasteiger partial charge in [-0.15, -0.1) is 0 Å². The van der Waals surface area contributed by atoms with Crippen molar-refractivity contribution in [3.63, 3.8) is 0 Å². The van der Waals surface area contributed by atoms with Gasteiger partial charge in [-0.1, -0.05) is 0 Å². The van der Waals surface area contributed by atoms with E-state index in [0.717, 1.165) is 6.92 Å². The van der Waals surface area contributed by atoms with E-state index in [1.807, 2.05) is 0 Å². The monoisotopic (exact) mass is 238 g/mol.